The zero-order valence-corrected chi connectivity index (χ0v) is 16.9. The molecule has 0 aromatic heterocycles. The molecule has 0 aromatic rings. The first kappa shape index (κ1) is 21.0. The van der Waals surface area contributed by atoms with Gasteiger partial charge in [-0.2, -0.15) is 0 Å². The van der Waals surface area contributed by atoms with E-state index in [0.717, 1.165) is 51.3 Å². The number of hydrogen-bond acceptors (Lipinski definition) is 5. The number of rotatable bonds is 5. The molecule has 2 aliphatic rings. The topological polar surface area (TPSA) is 91.3 Å². The first-order valence-electron chi connectivity index (χ1n) is 9.42. The van der Waals surface area contributed by atoms with E-state index in [1.165, 1.54) is 6.26 Å². The molecule has 0 atom stereocenters. The highest BCUT2D eigenvalue weighted by molar-refractivity contribution is 7.88. The normalized spacial score (nSPS) is 21.7. The van der Waals surface area contributed by atoms with Gasteiger partial charge in [0.05, 0.1) is 18.8 Å². The zero-order valence-electron chi connectivity index (χ0n) is 16.1. The molecule has 0 aromatic carbocycles. The molecule has 0 amide bonds. The van der Waals surface area contributed by atoms with Crippen LogP contribution in [0.3, 0.4) is 0 Å². The number of nitrogens with zero attached hydrogens (tertiary/aromatic N) is 3. The van der Waals surface area contributed by atoms with E-state index in [2.05, 4.69) is 15.2 Å². The van der Waals surface area contributed by atoms with Crippen LogP contribution in [-0.4, -0.2) is 82.2 Å². The number of esters is 1. The third-order valence-corrected chi connectivity index (χ3v) is 6.52. The second-order valence-corrected chi connectivity index (χ2v) is 9.03. The molecule has 2 heterocycles. The molecule has 0 unspecified atom stereocenters. The van der Waals surface area contributed by atoms with Gasteiger partial charge in [0.25, 0.3) is 0 Å². The van der Waals surface area contributed by atoms with Crippen LogP contribution in [0.15, 0.2) is 4.99 Å². The Bertz CT molecular complexity index is 592. The molecule has 9 heteroatoms. The number of ether oxygens (including phenoxy) is 1. The smallest absolute Gasteiger partial charge is 0.309 e. The van der Waals surface area contributed by atoms with Crippen molar-refractivity contribution < 1.29 is 17.9 Å². The number of sulfonamides is 1. The van der Waals surface area contributed by atoms with Crippen LogP contribution in [0.2, 0.25) is 0 Å². The fourth-order valence-electron chi connectivity index (χ4n) is 3.60. The molecule has 0 bridgehead atoms. The largest absolute Gasteiger partial charge is 0.466 e. The number of hydrogen-bond donors (Lipinski definition) is 1. The van der Waals surface area contributed by atoms with Crippen LogP contribution in [0.25, 0.3) is 0 Å². The Hall–Kier alpha value is -1.35. The SMILES string of the molecule is CCOC(=O)C1CCN(C(=NC)NCC2CCN(S(C)(=O)=O)CC2)CC1. The predicted octanol–water partition coefficient (Wildman–Crippen LogP) is 0.509. The maximum Gasteiger partial charge on any atom is 0.309 e. The molecule has 2 rings (SSSR count). The Morgan fingerprint density at radius 2 is 1.77 bits per heavy atom. The van der Waals surface area contributed by atoms with Crippen molar-refractivity contribution in [2.24, 2.45) is 16.8 Å². The van der Waals surface area contributed by atoms with Crippen LogP contribution in [0.1, 0.15) is 32.6 Å². The van der Waals surface area contributed by atoms with E-state index < -0.39 is 10.0 Å². The summed E-state index contributed by atoms with van der Waals surface area (Å²) in [5.74, 6) is 1.21. The van der Waals surface area contributed by atoms with Crippen molar-refractivity contribution >= 4 is 22.0 Å². The van der Waals surface area contributed by atoms with Crippen LogP contribution in [-0.2, 0) is 19.6 Å². The number of likely N-dealkylation sites (tertiary alicyclic amines) is 1. The minimum Gasteiger partial charge on any atom is -0.466 e. The third-order valence-electron chi connectivity index (χ3n) is 5.22. The highest BCUT2D eigenvalue weighted by atomic mass is 32.2. The first-order chi connectivity index (χ1) is 12.3. The molecule has 2 aliphatic heterocycles. The van der Waals surface area contributed by atoms with E-state index in [4.69, 9.17) is 4.74 Å². The van der Waals surface area contributed by atoms with Gasteiger partial charge in [-0.15, -0.1) is 0 Å². The van der Waals surface area contributed by atoms with Gasteiger partial charge in [-0.3, -0.25) is 9.79 Å². The molecule has 2 saturated heterocycles. The van der Waals surface area contributed by atoms with Gasteiger partial charge in [-0.1, -0.05) is 0 Å². The van der Waals surface area contributed by atoms with Crippen LogP contribution < -0.4 is 5.32 Å². The summed E-state index contributed by atoms with van der Waals surface area (Å²) in [6, 6.07) is 0. The van der Waals surface area contributed by atoms with Crippen LogP contribution >= 0.6 is 0 Å². The van der Waals surface area contributed by atoms with Crippen molar-refractivity contribution in [1.82, 2.24) is 14.5 Å². The molecule has 1 N–H and O–H groups in total. The van der Waals surface area contributed by atoms with Gasteiger partial charge in [0.1, 0.15) is 0 Å². The molecular weight excluding hydrogens is 356 g/mol. The molecular formula is C17H32N4O4S. The summed E-state index contributed by atoms with van der Waals surface area (Å²) in [7, 11) is -1.31. The monoisotopic (exact) mass is 388 g/mol. The van der Waals surface area contributed by atoms with Crippen molar-refractivity contribution in [3.05, 3.63) is 0 Å². The number of carbonyl (C=O) groups is 1. The Labute approximate surface area is 157 Å². The van der Waals surface area contributed by atoms with Gasteiger partial charge in [0.15, 0.2) is 5.96 Å². The second-order valence-electron chi connectivity index (χ2n) is 7.05. The van der Waals surface area contributed by atoms with Gasteiger partial charge in [-0.25, -0.2) is 12.7 Å². The predicted molar refractivity (Wildman–Crippen MR) is 101 cm³/mol. The van der Waals surface area contributed by atoms with Crippen LogP contribution in [0.5, 0.6) is 0 Å². The standard InChI is InChI=1S/C17H32N4O4S/c1-4-25-16(22)15-7-9-20(10-8-15)17(18-2)19-13-14-5-11-21(12-6-14)26(3,23)24/h14-15H,4-13H2,1-3H3,(H,18,19). The quantitative estimate of drug-likeness (QED) is 0.419. The maximum absolute atomic E-state index is 11.8. The summed E-state index contributed by atoms with van der Waals surface area (Å²) in [4.78, 5) is 18.4. The zero-order chi connectivity index (χ0) is 19.2. The Kier molecular flexibility index (Phi) is 7.69. The van der Waals surface area contributed by atoms with Gasteiger partial charge < -0.3 is 15.0 Å². The average molecular weight is 389 g/mol. The Morgan fingerprint density at radius 3 is 2.27 bits per heavy atom. The van der Waals surface area contributed by atoms with Gasteiger partial charge in [0, 0.05) is 39.8 Å². The van der Waals surface area contributed by atoms with Gasteiger partial charge in [0.2, 0.25) is 10.0 Å². The molecule has 150 valence electrons. The molecule has 0 spiro atoms. The molecule has 0 saturated carbocycles. The average Bonchev–Trinajstić information content (AvgIpc) is 2.62. The van der Waals surface area contributed by atoms with Crippen molar-refractivity contribution in [2.45, 2.75) is 32.6 Å². The first-order valence-corrected chi connectivity index (χ1v) is 11.3. The highest BCUT2D eigenvalue weighted by Crippen LogP contribution is 2.20. The Morgan fingerprint density at radius 1 is 1.15 bits per heavy atom. The van der Waals surface area contributed by atoms with Crippen LogP contribution in [0.4, 0.5) is 0 Å². The van der Waals surface area contributed by atoms with E-state index in [-0.39, 0.29) is 11.9 Å². The Balaban J connectivity index is 1.75. The van der Waals surface area contributed by atoms with E-state index >= 15 is 0 Å². The fraction of sp³-hybridized carbons (Fsp3) is 0.882. The molecule has 8 nitrogen and oxygen atoms in total. The summed E-state index contributed by atoms with van der Waals surface area (Å²) in [6.45, 7) is 5.82. The summed E-state index contributed by atoms with van der Waals surface area (Å²) in [5, 5.41) is 3.42. The van der Waals surface area contributed by atoms with Crippen molar-refractivity contribution in [2.75, 3.05) is 52.6 Å². The molecule has 0 radical (unpaired) electrons. The lowest BCUT2D eigenvalue weighted by Crippen LogP contribution is -2.48. The minimum atomic E-state index is -3.08. The van der Waals surface area contributed by atoms with Gasteiger partial charge in [-0.05, 0) is 38.5 Å². The number of guanidine groups is 1. The maximum atomic E-state index is 11.8. The minimum absolute atomic E-state index is 0.00961. The summed E-state index contributed by atoms with van der Waals surface area (Å²) in [6.07, 6.45) is 4.57. The van der Waals surface area contributed by atoms with Crippen molar-refractivity contribution in [3.8, 4) is 0 Å². The lowest BCUT2D eigenvalue weighted by atomic mass is 9.97. The molecule has 26 heavy (non-hydrogen) atoms. The number of piperidine rings is 2. The number of carbonyl (C=O) groups excluding carboxylic acids is 1. The third kappa shape index (κ3) is 5.84. The van der Waals surface area contributed by atoms with Crippen LogP contribution in [0, 0.1) is 11.8 Å². The van der Waals surface area contributed by atoms with E-state index in [0.29, 0.717) is 25.6 Å². The lowest BCUT2D eigenvalue weighted by Gasteiger charge is -2.35. The molecule has 2 fully saturated rings. The summed E-state index contributed by atoms with van der Waals surface area (Å²) in [5.41, 5.74) is 0. The number of aliphatic imine (C=N–C) groups is 1. The van der Waals surface area contributed by atoms with E-state index in [9.17, 15) is 13.2 Å². The van der Waals surface area contributed by atoms with E-state index in [1.54, 1.807) is 11.4 Å². The van der Waals surface area contributed by atoms with Gasteiger partial charge >= 0.3 is 5.97 Å². The summed E-state index contributed by atoms with van der Waals surface area (Å²) < 4.78 is 29.8. The fourth-order valence-corrected chi connectivity index (χ4v) is 4.47. The number of nitrogens with one attached hydrogen (secondary N) is 1. The summed E-state index contributed by atoms with van der Waals surface area (Å²) >= 11 is 0. The van der Waals surface area contributed by atoms with Crippen molar-refractivity contribution in [1.29, 1.82) is 0 Å². The van der Waals surface area contributed by atoms with Crippen molar-refractivity contribution in [3.63, 3.8) is 0 Å². The lowest BCUT2D eigenvalue weighted by molar-refractivity contribution is -0.149. The highest BCUT2D eigenvalue weighted by Gasteiger charge is 2.28. The van der Waals surface area contributed by atoms with E-state index in [1.807, 2.05) is 6.92 Å². The molecule has 0 aliphatic carbocycles. The second kappa shape index (κ2) is 9.55.